The van der Waals surface area contributed by atoms with Crippen LogP contribution in [0.5, 0.6) is 0 Å². The van der Waals surface area contributed by atoms with Crippen LogP contribution in [0.3, 0.4) is 0 Å². The summed E-state index contributed by atoms with van der Waals surface area (Å²) in [5.74, 6) is 0. The maximum atomic E-state index is 9.94. The number of benzene rings is 8. The highest BCUT2D eigenvalue weighted by Gasteiger charge is 2.46. The molecule has 1 heteroatoms. The van der Waals surface area contributed by atoms with Gasteiger partial charge >= 0.3 is 0 Å². The average molecular weight is 797 g/mol. The molecule has 10 rings (SSSR count). The van der Waals surface area contributed by atoms with E-state index >= 15 is 0 Å². The second kappa shape index (κ2) is 16.6. The highest BCUT2D eigenvalue weighted by Crippen LogP contribution is 2.57. The van der Waals surface area contributed by atoms with Crippen molar-refractivity contribution in [2.75, 3.05) is 4.90 Å². The Balaban J connectivity index is 1.26. The summed E-state index contributed by atoms with van der Waals surface area (Å²) in [6.07, 6.45) is 5.62. The van der Waals surface area contributed by atoms with Crippen LogP contribution in [0.1, 0.15) is 23.5 Å². The summed E-state index contributed by atoms with van der Waals surface area (Å²) in [4.78, 5) is 1.74. The Kier molecular flexibility index (Phi) is 8.77. The molecule has 9 aromatic carbocycles. The summed E-state index contributed by atoms with van der Waals surface area (Å²) in [7, 11) is 0. The van der Waals surface area contributed by atoms with Gasteiger partial charge in [0.1, 0.15) is 0 Å². The first-order valence-electron chi connectivity index (χ1n) is 23.3. The van der Waals surface area contributed by atoms with Gasteiger partial charge < -0.3 is 4.90 Å². The Morgan fingerprint density at radius 2 is 1.02 bits per heavy atom. The minimum atomic E-state index is -0.886. The predicted molar refractivity (Wildman–Crippen MR) is 265 cm³/mol. The summed E-state index contributed by atoms with van der Waals surface area (Å²) in [6, 6.07) is 65.5. The van der Waals surface area contributed by atoms with E-state index in [-0.39, 0.29) is 41.5 Å². The molecule has 62 heavy (non-hydrogen) atoms. The maximum Gasteiger partial charge on any atom is 0.0714 e. The van der Waals surface area contributed by atoms with Crippen molar-refractivity contribution in [2.24, 2.45) is 0 Å². The van der Waals surface area contributed by atoms with Gasteiger partial charge in [-0.1, -0.05) is 219 Å². The molecule has 294 valence electrons. The third kappa shape index (κ3) is 6.61. The van der Waals surface area contributed by atoms with Gasteiger partial charge in [0.05, 0.1) is 12.3 Å². The molecule has 0 bridgehead atoms. The van der Waals surface area contributed by atoms with Crippen molar-refractivity contribution < 1.29 is 6.85 Å². The van der Waals surface area contributed by atoms with Gasteiger partial charge in [-0.15, -0.1) is 0 Å². The van der Waals surface area contributed by atoms with Crippen LogP contribution < -0.4 is 4.90 Å². The van der Waals surface area contributed by atoms with Gasteiger partial charge in [0.25, 0.3) is 0 Å². The highest BCUT2D eigenvalue weighted by molar-refractivity contribution is 6.13. The zero-order chi connectivity index (χ0) is 46.2. The number of hydrogen-bond donors (Lipinski definition) is 0. The minimum Gasteiger partial charge on any atom is -0.310 e. The van der Waals surface area contributed by atoms with E-state index in [1.807, 2.05) is 182 Å². The van der Waals surface area contributed by atoms with Crippen molar-refractivity contribution in [1.29, 1.82) is 0 Å². The largest absolute Gasteiger partial charge is 0.310 e. The van der Waals surface area contributed by atoms with Crippen LogP contribution in [0, 0.1) is 0 Å². The summed E-state index contributed by atoms with van der Waals surface area (Å²) >= 11 is 0. The Morgan fingerprint density at radius 1 is 0.435 bits per heavy atom. The number of fused-ring (bicyclic) bond motifs is 6. The molecule has 0 saturated heterocycles. The Morgan fingerprint density at radius 3 is 1.74 bits per heavy atom. The Bertz CT molecular complexity index is 3470. The predicted octanol–water partition coefficient (Wildman–Crippen LogP) is 16.5. The molecular weight excluding hydrogens is 747 g/mol. The molecule has 0 fully saturated rings. The van der Waals surface area contributed by atoms with Crippen LogP contribution >= 0.6 is 0 Å². The summed E-state index contributed by atoms with van der Waals surface area (Å²) in [5, 5.41) is 3.78. The van der Waals surface area contributed by atoms with Gasteiger partial charge in [-0.2, -0.15) is 0 Å². The van der Waals surface area contributed by atoms with E-state index < -0.39 is 5.41 Å². The van der Waals surface area contributed by atoms with Crippen molar-refractivity contribution in [3.8, 4) is 33.4 Å². The van der Waals surface area contributed by atoms with Gasteiger partial charge in [0.15, 0.2) is 0 Å². The summed E-state index contributed by atoms with van der Waals surface area (Å²) < 4.78 is 49.4. The lowest BCUT2D eigenvalue weighted by molar-refractivity contribution is 0.767. The summed E-state index contributed by atoms with van der Waals surface area (Å²) in [5.41, 5.74) is 8.52. The van der Waals surface area contributed by atoms with E-state index in [1.54, 1.807) is 11.0 Å². The monoisotopic (exact) mass is 796 g/mol. The molecule has 0 amide bonds. The van der Waals surface area contributed by atoms with Gasteiger partial charge in [0, 0.05) is 17.1 Å². The SMILES string of the molecule is [2H]c1cc2c(cc1N(c1ccc(-c3ccccccccc3)cc1)c1c([2H])c([2H])c(-c3cc4ccccc4c4ccccc34)c([2H])c1[2H])C(/C(C=C)=C/C=C)(c1ccccc1)c1ccccc1-2. The first kappa shape index (κ1) is 32.8. The van der Waals surface area contributed by atoms with Gasteiger partial charge in [-0.25, -0.2) is 0 Å². The Hall–Kier alpha value is -8.00. The lowest BCUT2D eigenvalue weighted by Gasteiger charge is -2.35. The maximum absolute atomic E-state index is 9.94. The first-order valence-corrected chi connectivity index (χ1v) is 20.8. The fourth-order valence-electron chi connectivity index (χ4n) is 9.17. The van der Waals surface area contributed by atoms with E-state index in [4.69, 9.17) is 0 Å². The lowest BCUT2D eigenvalue weighted by Crippen LogP contribution is -2.29. The smallest absolute Gasteiger partial charge is 0.0714 e. The van der Waals surface area contributed by atoms with E-state index in [9.17, 15) is 6.85 Å². The number of nitrogens with zero attached hydrogens (tertiary/aromatic N) is 1. The zero-order valence-corrected chi connectivity index (χ0v) is 34.1. The van der Waals surface area contributed by atoms with E-state index in [0.29, 0.717) is 16.9 Å². The van der Waals surface area contributed by atoms with E-state index in [1.165, 1.54) is 0 Å². The third-order valence-corrected chi connectivity index (χ3v) is 11.9. The van der Waals surface area contributed by atoms with Crippen molar-refractivity contribution in [1.82, 2.24) is 0 Å². The average Bonchev–Trinajstić information content (AvgIpc) is 3.65. The first-order chi connectivity index (χ1) is 32.8. The van der Waals surface area contributed by atoms with Crippen LogP contribution in [0.4, 0.5) is 17.1 Å². The van der Waals surface area contributed by atoms with E-state index in [0.717, 1.165) is 66.1 Å². The molecule has 0 saturated carbocycles. The Labute approximate surface area is 371 Å². The van der Waals surface area contributed by atoms with Gasteiger partial charge in [-0.3, -0.25) is 0 Å². The number of anilines is 3. The standard InChI is InChI=1S/C61H45N/c1-3-21-48(4-2)61(49-25-13-10-14-26-49)59-31-20-19-30-56(59)57-41-40-52(43-60(57)61)62(50-36-32-45(33-37-50)44-22-11-8-6-5-7-9-12-23-44)51-38-34-46(35-39-51)58-42-47-24-15-16-27-53(47)54-28-17-18-29-55(54)58/h3-43H,1-2H2/b6-5?,7-5?,8-6?,9-7?,11-8?,12-9?,22-11?,23-12?,44-22?,44-23?,48-21+/i34D,35D,38D,39D,40D. The minimum absolute atomic E-state index is 0.0362. The molecule has 0 aliphatic heterocycles. The molecule has 0 aromatic heterocycles. The topological polar surface area (TPSA) is 3.24 Å². The zero-order valence-electron chi connectivity index (χ0n) is 39.1. The van der Waals surface area contributed by atoms with Crippen LogP contribution in [0.25, 0.3) is 54.9 Å². The second-order valence-electron chi connectivity index (χ2n) is 15.3. The summed E-state index contributed by atoms with van der Waals surface area (Å²) in [6.45, 7) is 8.41. The van der Waals surface area contributed by atoms with Crippen LogP contribution in [0.2, 0.25) is 0 Å². The van der Waals surface area contributed by atoms with Gasteiger partial charge in [0.2, 0.25) is 0 Å². The molecule has 1 atom stereocenters. The van der Waals surface area contributed by atoms with Crippen molar-refractivity contribution in [3.63, 3.8) is 0 Å². The molecule has 0 radical (unpaired) electrons. The van der Waals surface area contributed by atoms with Crippen LogP contribution in [0.15, 0.2) is 267 Å². The van der Waals surface area contributed by atoms with Gasteiger partial charge in [-0.05, 0) is 120 Å². The molecule has 1 aliphatic rings. The molecule has 0 spiro atoms. The third-order valence-electron chi connectivity index (χ3n) is 11.9. The fraction of sp³-hybridized carbons (Fsp3) is 0.0164. The molecular formula is C61H45N. The fourth-order valence-corrected chi connectivity index (χ4v) is 9.17. The van der Waals surface area contributed by atoms with Crippen molar-refractivity contribution >= 4 is 38.6 Å². The van der Waals surface area contributed by atoms with E-state index in [2.05, 4.69) is 43.5 Å². The normalized spacial score (nSPS) is 15.2. The molecule has 1 nitrogen and oxygen atoms in total. The molecule has 1 aliphatic carbocycles. The van der Waals surface area contributed by atoms with Crippen LogP contribution in [-0.4, -0.2) is 0 Å². The quantitative estimate of drug-likeness (QED) is 0.104. The molecule has 0 heterocycles. The van der Waals surface area contributed by atoms with Crippen molar-refractivity contribution in [2.45, 2.75) is 5.41 Å². The van der Waals surface area contributed by atoms with Crippen molar-refractivity contribution in [3.05, 3.63) is 284 Å². The molecule has 9 aromatic rings. The lowest BCUT2D eigenvalue weighted by atomic mass is 9.67. The molecule has 1 unspecified atom stereocenters. The highest BCUT2D eigenvalue weighted by atomic mass is 15.1. The molecule has 0 N–H and O–H groups in total. The second-order valence-corrected chi connectivity index (χ2v) is 15.3. The van der Waals surface area contributed by atoms with Crippen LogP contribution in [-0.2, 0) is 5.41 Å². The number of hydrogen-bond acceptors (Lipinski definition) is 1. The number of allylic oxidation sites excluding steroid dienone is 4. The number of rotatable bonds is 9.